The summed E-state index contributed by atoms with van der Waals surface area (Å²) in [5.74, 6) is -2.05. The van der Waals surface area contributed by atoms with E-state index in [1.165, 1.54) is 19.3 Å². The molecule has 23 heavy (non-hydrogen) atoms. The lowest BCUT2D eigenvalue weighted by molar-refractivity contribution is 0.204. The van der Waals surface area contributed by atoms with E-state index in [1.807, 2.05) is 0 Å². The van der Waals surface area contributed by atoms with E-state index in [0.29, 0.717) is 31.3 Å². The number of piperidine rings is 1. The van der Waals surface area contributed by atoms with E-state index in [4.69, 9.17) is 5.73 Å². The summed E-state index contributed by atoms with van der Waals surface area (Å²) >= 11 is 0. The van der Waals surface area contributed by atoms with E-state index in [-0.39, 0.29) is 43.0 Å². The smallest absolute Gasteiger partial charge is 0.350 e. The van der Waals surface area contributed by atoms with Crippen LogP contribution in [0.3, 0.4) is 0 Å². The molecule has 0 atom stereocenters. The van der Waals surface area contributed by atoms with Crippen molar-refractivity contribution in [3.8, 4) is 0 Å². The van der Waals surface area contributed by atoms with Gasteiger partial charge >= 0.3 is 5.76 Å². The Morgan fingerprint density at radius 2 is 1.83 bits per heavy atom. The molecule has 1 aliphatic carbocycles. The topological polar surface area (TPSA) is 87.8 Å². The molecule has 2 rings (SSSR count). The number of hydrogen-bond donors (Lipinski definition) is 2. The molecular weight excluding hydrogens is 441 g/mol. The van der Waals surface area contributed by atoms with Gasteiger partial charge in [-0.15, -0.1) is 24.0 Å². The van der Waals surface area contributed by atoms with Crippen molar-refractivity contribution in [2.24, 2.45) is 22.6 Å². The monoisotopic (exact) mass is 466 g/mol. The average Bonchev–Trinajstić information content (AvgIpc) is 2.43. The van der Waals surface area contributed by atoms with Crippen LogP contribution in [0.25, 0.3) is 0 Å². The number of aliphatic imine (C=N–C) groups is 1. The molecule has 6 nitrogen and oxygen atoms in total. The molecule has 0 spiro atoms. The lowest BCUT2D eigenvalue weighted by atomic mass is 9.86. The van der Waals surface area contributed by atoms with Crippen LogP contribution >= 0.6 is 24.0 Å². The Hall–Kier alpha value is -0.230. The molecule has 1 saturated carbocycles. The second-order valence-corrected chi connectivity index (χ2v) is 7.95. The Kier molecular flexibility index (Phi) is 8.42. The molecule has 0 aromatic carbocycles. The number of halogens is 3. The number of sulfonamides is 1. The lowest BCUT2D eigenvalue weighted by Crippen LogP contribution is -2.44. The molecule has 1 saturated heterocycles. The van der Waals surface area contributed by atoms with Gasteiger partial charge in [-0.3, -0.25) is 4.99 Å². The van der Waals surface area contributed by atoms with Gasteiger partial charge in [-0.2, -0.15) is 13.1 Å². The molecule has 1 heterocycles. The summed E-state index contributed by atoms with van der Waals surface area (Å²) in [6.07, 6.45) is 4.80. The van der Waals surface area contributed by atoms with E-state index >= 15 is 0 Å². The van der Waals surface area contributed by atoms with E-state index in [2.05, 4.69) is 10.3 Å². The highest BCUT2D eigenvalue weighted by Crippen LogP contribution is 2.26. The molecule has 0 amide bonds. The van der Waals surface area contributed by atoms with Crippen LogP contribution in [0.4, 0.5) is 8.78 Å². The van der Waals surface area contributed by atoms with Crippen LogP contribution in [0.1, 0.15) is 32.1 Å². The number of rotatable bonds is 6. The van der Waals surface area contributed by atoms with Crippen LogP contribution in [-0.4, -0.2) is 50.6 Å². The molecule has 0 aromatic heterocycles. The van der Waals surface area contributed by atoms with Gasteiger partial charge in [0.25, 0.3) is 10.0 Å². The highest BCUT2D eigenvalue weighted by Gasteiger charge is 2.34. The fourth-order valence-electron chi connectivity index (χ4n) is 2.69. The Morgan fingerprint density at radius 1 is 1.22 bits per heavy atom. The second kappa shape index (κ2) is 9.30. The maximum atomic E-state index is 12.5. The van der Waals surface area contributed by atoms with Gasteiger partial charge in [-0.25, -0.2) is 8.42 Å². The van der Waals surface area contributed by atoms with Crippen molar-refractivity contribution in [1.29, 1.82) is 0 Å². The first-order valence-electron chi connectivity index (χ1n) is 7.70. The molecule has 3 N–H and O–H groups in total. The predicted molar refractivity (Wildman–Crippen MR) is 96.5 cm³/mol. The quantitative estimate of drug-likeness (QED) is 0.354. The molecule has 0 aromatic rings. The van der Waals surface area contributed by atoms with Crippen molar-refractivity contribution >= 4 is 40.0 Å². The number of nitrogens with zero attached hydrogens (tertiary/aromatic N) is 2. The first-order chi connectivity index (χ1) is 10.4. The lowest BCUT2D eigenvalue weighted by Gasteiger charge is -2.31. The summed E-state index contributed by atoms with van der Waals surface area (Å²) in [4.78, 5) is 4.29. The van der Waals surface area contributed by atoms with Crippen LogP contribution in [0.5, 0.6) is 0 Å². The zero-order chi connectivity index (χ0) is 16.2. The van der Waals surface area contributed by atoms with Crippen LogP contribution in [-0.2, 0) is 10.0 Å². The van der Waals surface area contributed by atoms with Crippen molar-refractivity contribution < 1.29 is 17.2 Å². The largest absolute Gasteiger partial charge is 0.370 e. The van der Waals surface area contributed by atoms with Crippen LogP contribution in [0.2, 0.25) is 0 Å². The normalized spacial score (nSPS) is 21.8. The average molecular weight is 466 g/mol. The van der Waals surface area contributed by atoms with Gasteiger partial charge in [0.2, 0.25) is 0 Å². The minimum absolute atomic E-state index is 0. The van der Waals surface area contributed by atoms with E-state index in [1.54, 1.807) is 0 Å². The molecule has 136 valence electrons. The van der Waals surface area contributed by atoms with Gasteiger partial charge in [0.15, 0.2) is 5.96 Å². The number of guanidine groups is 1. The molecule has 2 fully saturated rings. The first-order valence-corrected chi connectivity index (χ1v) is 9.21. The zero-order valence-corrected chi connectivity index (χ0v) is 16.1. The summed E-state index contributed by atoms with van der Waals surface area (Å²) in [7, 11) is -4.44. The minimum atomic E-state index is -4.44. The Labute approximate surface area is 153 Å². The van der Waals surface area contributed by atoms with Crippen molar-refractivity contribution in [3.05, 3.63) is 0 Å². The summed E-state index contributed by atoms with van der Waals surface area (Å²) in [5, 5.41) is 3.04. The fourth-order valence-corrected chi connectivity index (χ4v) is 3.63. The van der Waals surface area contributed by atoms with Crippen molar-refractivity contribution in [2.75, 3.05) is 26.2 Å². The van der Waals surface area contributed by atoms with Crippen molar-refractivity contribution in [1.82, 2.24) is 9.62 Å². The summed E-state index contributed by atoms with van der Waals surface area (Å²) in [5.41, 5.74) is 5.79. The number of alkyl halides is 2. The first kappa shape index (κ1) is 20.8. The van der Waals surface area contributed by atoms with Gasteiger partial charge in [0.1, 0.15) is 0 Å². The van der Waals surface area contributed by atoms with Gasteiger partial charge in [-0.05, 0) is 37.5 Å². The third-order valence-corrected chi connectivity index (χ3v) is 6.01. The Bertz CT molecular complexity index is 492. The van der Waals surface area contributed by atoms with Crippen molar-refractivity contribution in [3.63, 3.8) is 0 Å². The van der Waals surface area contributed by atoms with Crippen LogP contribution in [0.15, 0.2) is 4.99 Å². The zero-order valence-electron chi connectivity index (χ0n) is 13.0. The highest BCUT2D eigenvalue weighted by molar-refractivity contribution is 14.0. The molecule has 1 aliphatic heterocycles. The van der Waals surface area contributed by atoms with Gasteiger partial charge in [-0.1, -0.05) is 6.42 Å². The second-order valence-electron chi connectivity index (χ2n) is 6.05. The molecule has 0 radical (unpaired) electrons. The van der Waals surface area contributed by atoms with E-state index in [0.717, 1.165) is 10.8 Å². The molecule has 0 bridgehead atoms. The summed E-state index contributed by atoms with van der Waals surface area (Å²) < 4.78 is 48.5. The van der Waals surface area contributed by atoms with Crippen molar-refractivity contribution in [2.45, 2.75) is 37.9 Å². The maximum Gasteiger partial charge on any atom is 0.350 e. The van der Waals surface area contributed by atoms with Crippen LogP contribution in [0, 0.1) is 11.8 Å². The third-order valence-electron chi connectivity index (χ3n) is 4.47. The fraction of sp³-hybridized carbons (Fsp3) is 0.923. The molecule has 0 unspecified atom stereocenters. The molecular formula is C13H25F2IN4O2S. The van der Waals surface area contributed by atoms with Gasteiger partial charge < -0.3 is 11.1 Å². The predicted octanol–water partition coefficient (Wildman–Crippen LogP) is 1.57. The SMILES string of the molecule is I.NC(=NCC1CCC1)NCC1CCN(S(=O)(=O)C(F)F)CC1. The summed E-state index contributed by atoms with van der Waals surface area (Å²) in [6.45, 7) is 1.63. The number of nitrogens with one attached hydrogen (secondary N) is 1. The molecule has 10 heteroatoms. The maximum absolute atomic E-state index is 12.5. The minimum Gasteiger partial charge on any atom is -0.370 e. The number of nitrogens with two attached hydrogens (primary N) is 1. The summed E-state index contributed by atoms with van der Waals surface area (Å²) in [6, 6.07) is 0. The van der Waals surface area contributed by atoms with E-state index < -0.39 is 15.8 Å². The third kappa shape index (κ3) is 5.96. The Balaban J connectivity index is 0.00000264. The van der Waals surface area contributed by atoms with E-state index in [9.17, 15) is 17.2 Å². The Morgan fingerprint density at radius 3 is 2.30 bits per heavy atom. The number of hydrogen-bond acceptors (Lipinski definition) is 3. The van der Waals surface area contributed by atoms with Crippen LogP contribution < -0.4 is 11.1 Å². The van der Waals surface area contributed by atoms with Gasteiger partial charge in [0.05, 0.1) is 0 Å². The van der Waals surface area contributed by atoms with Gasteiger partial charge in [0, 0.05) is 26.2 Å². The standard InChI is InChI=1S/C13H24F2N4O2S.HI/c14-12(15)22(20,21)19-6-4-11(5-7-19)9-18-13(16)17-8-10-2-1-3-10;/h10-12H,1-9H2,(H3,16,17,18);1H. The molecule has 2 aliphatic rings. The highest BCUT2D eigenvalue weighted by atomic mass is 127.